The van der Waals surface area contributed by atoms with Crippen molar-refractivity contribution in [3.05, 3.63) is 0 Å². The lowest BCUT2D eigenvalue weighted by Crippen LogP contribution is -2.78. The lowest BCUT2D eigenvalue weighted by atomic mass is 9.43. The second kappa shape index (κ2) is 6.19. The van der Waals surface area contributed by atoms with Gasteiger partial charge in [-0.05, 0) is 44.1 Å². The standard InChI is InChI=1S/C23H37NO6/c1-4-24-9-21(10-29-2)6-5-15(25)22-12-7-11-17(26)16(12)23(28,20(27)18(11)30-3)13(19(22)24)8-14(21)22/h11-20,25-28H,4-10H2,1-3H3/t11-,12+,13-,14+,15-,16+,17-,18+,19?,20-,21-,22+,23-/m0/s1. The number of fused-ring (bicyclic) bond motifs is 2. The van der Waals surface area contributed by atoms with Crippen molar-refractivity contribution in [3.8, 4) is 0 Å². The average molecular weight is 424 g/mol. The number of rotatable bonds is 4. The number of hydrogen-bond acceptors (Lipinski definition) is 7. The third-order valence-electron chi connectivity index (χ3n) is 11.0. The molecule has 6 rings (SSSR count). The third kappa shape index (κ3) is 1.88. The number of methoxy groups -OCH3 is 2. The van der Waals surface area contributed by atoms with Crippen molar-refractivity contribution in [1.29, 1.82) is 0 Å². The molecule has 0 aromatic carbocycles. The van der Waals surface area contributed by atoms with Crippen LogP contribution in [0.5, 0.6) is 0 Å². The SMILES string of the molecule is CCN1C[C@]2(COC)CC[C@H](O)[C@]34C1[C@H](C[C@H]23)[C@]1(O)[C@H]2[C@@H](O)[C@H](C[C@H]24)[C@@H](OC)[C@@H]1O. The highest BCUT2D eigenvalue weighted by atomic mass is 16.5. The maximum absolute atomic E-state index is 12.3. The van der Waals surface area contributed by atoms with Crippen molar-refractivity contribution in [2.75, 3.05) is 33.9 Å². The Morgan fingerprint density at radius 3 is 2.53 bits per heavy atom. The molecule has 1 saturated heterocycles. The predicted molar refractivity (Wildman–Crippen MR) is 107 cm³/mol. The number of hydrogen-bond donors (Lipinski definition) is 4. The Kier molecular flexibility index (Phi) is 4.19. The molecule has 1 spiro atoms. The largest absolute Gasteiger partial charge is 0.392 e. The monoisotopic (exact) mass is 423 g/mol. The van der Waals surface area contributed by atoms with E-state index in [1.165, 1.54) is 0 Å². The van der Waals surface area contributed by atoms with Crippen LogP contribution in [0.15, 0.2) is 0 Å². The molecular formula is C23H37NO6. The average Bonchev–Trinajstić information content (AvgIpc) is 3.16. The highest BCUT2D eigenvalue weighted by Crippen LogP contribution is 2.78. The van der Waals surface area contributed by atoms with Gasteiger partial charge in [0.1, 0.15) is 11.7 Å². The molecule has 30 heavy (non-hydrogen) atoms. The van der Waals surface area contributed by atoms with E-state index >= 15 is 0 Å². The molecule has 7 heteroatoms. The molecule has 170 valence electrons. The fraction of sp³-hybridized carbons (Fsp3) is 1.00. The van der Waals surface area contributed by atoms with E-state index in [1.54, 1.807) is 14.2 Å². The Balaban J connectivity index is 1.59. The minimum Gasteiger partial charge on any atom is -0.392 e. The second-order valence-electron chi connectivity index (χ2n) is 11.3. The molecule has 6 fully saturated rings. The smallest absolute Gasteiger partial charge is 0.110 e. The van der Waals surface area contributed by atoms with Crippen molar-refractivity contribution in [1.82, 2.24) is 4.90 Å². The van der Waals surface area contributed by atoms with E-state index in [9.17, 15) is 20.4 Å². The van der Waals surface area contributed by atoms with Crippen molar-refractivity contribution < 1.29 is 29.9 Å². The van der Waals surface area contributed by atoms with Gasteiger partial charge in [0.2, 0.25) is 0 Å². The van der Waals surface area contributed by atoms with E-state index in [1.807, 2.05) is 0 Å². The van der Waals surface area contributed by atoms with E-state index in [4.69, 9.17) is 9.47 Å². The number of nitrogens with zero attached hydrogens (tertiary/aromatic N) is 1. The third-order valence-corrected chi connectivity index (χ3v) is 11.0. The van der Waals surface area contributed by atoms with Crippen molar-refractivity contribution >= 4 is 0 Å². The molecule has 5 aliphatic carbocycles. The quantitative estimate of drug-likeness (QED) is 0.499. The molecule has 0 radical (unpaired) electrons. The number of ether oxygens (including phenoxy) is 2. The summed E-state index contributed by atoms with van der Waals surface area (Å²) in [5.74, 6) is -0.565. The zero-order valence-corrected chi connectivity index (χ0v) is 18.3. The number of likely N-dealkylation sites (tertiary alicyclic amines) is 1. The topological polar surface area (TPSA) is 103 Å². The molecule has 1 heterocycles. The number of piperidine rings is 1. The molecule has 0 aromatic heterocycles. The summed E-state index contributed by atoms with van der Waals surface area (Å²) in [6.07, 6.45) is 0.415. The summed E-state index contributed by atoms with van der Waals surface area (Å²) in [4.78, 5) is 2.47. The van der Waals surface area contributed by atoms with Gasteiger partial charge in [-0.25, -0.2) is 0 Å². The summed E-state index contributed by atoms with van der Waals surface area (Å²) >= 11 is 0. The molecule has 1 unspecified atom stereocenters. The fourth-order valence-electron chi connectivity index (χ4n) is 10.4. The highest BCUT2D eigenvalue weighted by molar-refractivity contribution is 5.34. The molecule has 7 bridgehead atoms. The Bertz CT molecular complexity index is 736. The maximum Gasteiger partial charge on any atom is 0.110 e. The van der Waals surface area contributed by atoms with Crippen LogP contribution in [0.1, 0.15) is 32.6 Å². The zero-order valence-electron chi connectivity index (χ0n) is 18.3. The van der Waals surface area contributed by atoms with Crippen molar-refractivity contribution in [2.45, 2.75) is 68.7 Å². The molecule has 0 aromatic rings. The fourth-order valence-corrected chi connectivity index (χ4v) is 10.4. The molecule has 0 amide bonds. The Labute approximate surface area is 178 Å². The van der Waals surface area contributed by atoms with Crippen LogP contribution in [0.2, 0.25) is 0 Å². The van der Waals surface area contributed by atoms with Crippen LogP contribution < -0.4 is 0 Å². The van der Waals surface area contributed by atoms with Gasteiger partial charge in [-0.15, -0.1) is 0 Å². The van der Waals surface area contributed by atoms with Crippen LogP contribution in [-0.4, -0.2) is 95.3 Å². The molecule has 1 aliphatic heterocycles. The summed E-state index contributed by atoms with van der Waals surface area (Å²) < 4.78 is 11.4. The first-order valence-electron chi connectivity index (χ1n) is 11.8. The van der Waals surface area contributed by atoms with Gasteiger partial charge in [0.05, 0.1) is 24.9 Å². The Hall–Kier alpha value is -0.280. The van der Waals surface area contributed by atoms with Crippen LogP contribution in [0, 0.1) is 40.4 Å². The summed E-state index contributed by atoms with van der Waals surface area (Å²) in [5.41, 5.74) is -1.79. The van der Waals surface area contributed by atoms with Gasteiger partial charge in [-0.2, -0.15) is 0 Å². The first kappa shape index (κ1) is 20.3. The van der Waals surface area contributed by atoms with Gasteiger partial charge < -0.3 is 29.9 Å². The molecular weight excluding hydrogens is 386 g/mol. The minimum atomic E-state index is -1.39. The first-order chi connectivity index (χ1) is 14.3. The van der Waals surface area contributed by atoms with Crippen LogP contribution in [0.25, 0.3) is 0 Å². The molecule has 7 nitrogen and oxygen atoms in total. The van der Waals surface area contributed by atoms with Crippen LogP contribution in [0.4, 0.5) is 0 Å². The first-order valence-corrected chi connectivity index (χ1v) is 11.8. The van der Waals surface area contributed by atoms with Crippen LogP contribution in [-0.2, 0) is 9.47 Å². The lowest BCUT2D eigenvalue weighted by molar-refractivity contribution is -0.297. The molecule has 6 aliphatic rings. The summed E-state index contributed by atoms with van der Waals surface area (Å²) in [5, 5.41) is 46.7. The maximum atomic E-state index is 12.3. The van der Waals surface area contributed by atoms with Gasteiger partial charge >= 0.3 is 0 Å². The minimum absolute atomic E-state index is 0.0214. The van der Waals surface area contributed by atoms with E-state index in [0.29, 0.717) is 13.0 Å². The van der Waals surface area contributed by atoms with Gasteiger partial charge in [0.15, 0.2) is 0 Å². The van der Waals surface area contributed by atoms with Gasteiger partial charge in [-0.3, -0.25) is 4.90 Å². The van der Waals surface area contributed by atoms with E-state index in [-0.39, 0.29) is 40.5 Å². The summed E-state index contributed by atoms with van der Waals surface area (Å²) in [7, 11) is 3.33. The van der Waals surface area contributed by atoms with E-state index < -0.39 is 35.9 Å². The normalized spacial score (nSPS) is 63.3. The molecule has 13 atom stereocenters. The van der Waals surface area contributed by atoms with Gasteiger partial charge in [0.25, 0.3) is 0 Å². The van der Waals surface area contributed by atoms with Crippen LogP contribution >= 0.6 is 0 Å². The van der Waals surface area contributed by atoms with E-state index in [2.05, 4.69) is 11.8 Å². The van der Waals surface area contributed by atoms with Crippen molar-refractivity contribution in [2.24, 2.45) is 40.4 Å². The van der Waals surface area contributed by atoms with Gasteiger partial charge in [-0.1, -0.05) is 6.92 Å². The Morgan fingerprint density at radius 2 is 1.87 bits per heavy atom. The predicted octanol–water partition coefficient (Wildman–Crippen LogP) is -0.152. The molecule has 4 N–H and O–H groups in total. The number of aliphatic hydroxyl groups excluding tert-OH is 3. The second-order valence-corrected chi connectivity index (χ2v) is 11.3. The van der Waals surface area contributed by atoms with Gasteiger partial charge in [0, 0.05) is 55.4 Å². The van der Waals surface area contributed by atoms with Crippen molar-refractivity contribution in [3.63, 3.8) is 0 Å². The summed E-state index contributed by atoms with van der Waals surface area (Å²) in [6, 6.07) is 0.0234. The van der Waals surface area contributed by atoms with E-state index in [0.717, 1.165) is 32.4 Å². The van der Waals surface area contributed by atoms with Crippen LogP contribution in [0.3, 0.4) is 0 Å². The lowest BCUT2D eigenvalue weighted by Gasteiger charge is -2.69. The number of aliphatic hydroxyl groups is 4. The summed E-state index contributed by atoms with van der Waals surface area (Å²) in [6.45, 7) is 4.58. The zero-order chi connectivity index (χ0) is 21.2. The Morgan fingerprint density at radius 1 is 1.10 bits per heavy atom. The highest BCUT2D eigenvalue weighted by Gasteiger charge is 2.85. The molecule has 5 saturated carbocycles.